The summed E-state index contributed by atoms with van der Waals surface area (Å²) in [6.07, 6.45) is 7.31. The molecular formula is C15H21BrN2O2. The number of rotatable bonds is 4. The van der Waals surface area contributed by atoms with Gasteiger partial charge in [0, 0.05) is 11.9 Å². The van der Waals surface area contributed by atoms with Crippen LogP contribution < -0.4 is 5.32 Å². The van der Waals surface area contributed by atoms with Crippen LogP contribution in [0.15, 0.2) is 22.9 Å². The molecule has 1 heterocycles. The molecule has 1 fully saturated rings. The topological polar surface area (TPSA) is 62.2 Å². The second-order valence-corrected chi connectivity index (χ2v) is 6.25. The first-order valence-corrected chi connectivity index (χ1v) is 8.01. The molecule has 2 rings (SSSR count). The van der Waals surface area contributed by atoms with Crippen LogP contribution in [0.4, 0.5) is 5.69 Å². The summed E-state index contributed by atoms with van der Waals surface area (Å²) in [5, 5.41) is 13.6. The van der Waals surface area contributed by atoms with E-state index >= 15 is 0 Å². The summed E-state index contributed by atoms with van der Waals surface area (Å²) in [5.41, 5.74) is -0.615. The van der Waals surface area contributed by atoms with E-state index in [1.807, 2.05) is 6.92 Å². The fourth-order valence-electron chi connectivity index (χ4n) is 2.93. The Kier molecular flexibility index (Phi) is 5.16. The van der Waals surface area contributed by atoms with E-state index < -0.39 is 5.60 Å². The van der Waals surface area contributed by atoms with Crippen LogP contribution in [0, 0.1) is 5.92 Å². The van der Waals surface area contributed by atoms with Crippen molar-refractivity contribution in [2.75, 3.05) is 5.32 Å². The lowest BCUT2D eigenvalue weighted by molar-refractivity contribution is -0.142. The Hall–Kier alpha value is -0.940. The van der Waals surface area contributed by atoms with Gasteiger partial charge in [-0.15, -0.1) is 0 Å². The number of aromatic nitrogens is 1. The molecule has 0 bridgehead atoms. The zero-order valence-electron chi connectivity index (χ0n) is 11.7. The van der Waals surface area contributed by atoms with Crippen molar-refractivity contribution in [3.8, 4) is 0 Å². The molecule has 1 aliphatic carbocycles. The van der Waals surface area contributed by atoms with Gasteiger partial charge in [-0.1, -0.05) is 26.2 Å². The zero-order valence-corrected chi connectivity index (χ0v) is 13.3. The Morgan fingerprint density at radius 1 is 1.50 bits per heavy atom. The van der Waals surface area contributed by atoms with Crippen molar-refractivity contribution in [2.24, 2.45) is 5.92 Å². The Morgan fingerprint density at radius 3 is 2.80 bits per heavy atom. The summed E-state index contributed by atoms with van der Waals surface area (Å²) in [5.74, 6) is -0.239. The van der Waals surface area contributed by atoms with E-state index in [4.69, 9.17) is 0 Å². The number of anilines is 1. The van der Waals surface area contributed by atoms with Crippen molar-refractivity contribution in [3.05, 3.63) is 22.9 Å². The molecule has 0 spiro atoms. The van der Waals surface area contributed by atoms with Crippen LogP contribution in [0.5, 0.6) is 0 Å². The van der Waals surface area contributed by atoms with Crippen molar-refractivity contribution in [3.63, 3.8) is 0 Å². The highest BCUT2D eigenvalue weighted by Crippen LogP contribution is 2.35. The lowest BCUT2D eigenvalue weighted by atomic mass is 9.75. The fourth-order valence-corrected chi connectivity index (χ4v) is 3.30. The molecule has 1 unspecified atom stereocenters. The smallest absolute Gasteiger partial charge is 0.256 e. The van der Waals surface area contributed by atoms with Gasteiger partial charge in [0.1, 0.15) is 10.2 Å². The third-order valence-electron chi connectivity index (χ3n) is 4.20. The van der Waals surface area contributed by atoms with Gasteiger partial charge in [0.2, 0.25) is 0 Å². The first-order valence-electron chi connectivity index (χ1n) is 7.21. The molecule has 1 aromatic heterocycles. The normalized spacial score (nSPS) is 19.4. The fraction of sp³-hybridized carbons (Fsp3) is 0.600. The third-order valence-corrected chi connectivity index (χ3v) is 4.63. The summed E-state index contributed by atoms with van der Waals surface area (Å²) in [4.78, 5) is 16.5. The summed E-state index contributed by atoms with van der Waals surface area (Å²) < 4.78 is 0.660. The maximum Gasteiger partial charge on any atom is 0.256 e. The molecule has 0 aliphatic heterocycles. The number of aliphatic hydroxyl groups is 1. The molecule has 1 aromatic rings. The van der Waals surface area contributed by atoms with E-state index in [1.54, 1.807) is 18.3 Å². The number of amides is 1. The minimum absolute atomic E-state index is 0.0616. The van der Waals surface area contributed by atoms with E-state index in [1.165, 1.54) is 6.42 Å². The summed E-state index contributed by atoms with van der Waals surface area (Å²) >= 11 is 3.27. The first-order chi connectivity index (χ1) is 9.56. The number of carbonyl (C=O) groups is 1. The van der Waals surface area contributed by atoms with E-state index in [0.29, 0.717) is 16.7 Å². The second kappa shape index (κ2) is 6.68. The molecule has 5 heteroatoms. The standard InChI is InChI=1S/C15H21BrN2O2/c1-2-15(20,11-6-4-3-5-7-11)14(19)18-12-8-9-17-13(16)10-12/h8-11,20H,2-7H2,1H3,(H,17,18,19). The van der Waals surface area contributed by atoms with Gasteiger partial charge in [0.25, 0.3) is 5.91 Å². The number of halogens is 1. The average molecular weight is 341 g/mol. The van der Waals surface area contributed by atoms with Gasteiger partial charge in [-0.2, -0.15) is 0 Å². The highest BCUT2D eigenvalue weighted by molar-refractivity contribution is 9.10. The molecule has 4 nitrogen and oxygen atoms in total. The van der Waals surface area contributed by atoms with Crippen molar-refractivity contribution < 1.29 is 9.90 Å². The second-order valence-electron chi connectivity index (χ2n) is 5.43. The molecule has 0 aromatic carbocycles. The van der Waals surface area contributed by atoms with E-state index in [2.05, 4.69) is 26.2 Å². The average Bonchev–Trinajstić information content (AvgIpc) is 2.47. The van der Waals surface area contributed by atoms with Gasteiger partial charge in [-0.3, -0.25) is 4.79 Å². The third kappa shape index (κ3) is 3.38. The number of hydrogen-bond donors (Lipinski definition) is 2. The molecule has 1 amide bonds. The largest absolute Gasteiger partial charge is 0.380 e. The number of hydrogen-bond acceptors (Lipinski definition) is 3. The van der Waals surface area contributed by atoms with Crippen LogP contribution in [0.2, 0.25) is 0 Å². The maximum atomic E-state index is 12.5. The van der Waals surface area contributed by atoms with Crippen LogP contribution in [-0.2, 0) is 4.79 Å². The van der Waals surface area contributed by atoms with Gasteiger partial charge in [-0.25, -0.2) is 4.98 Å². The number of nitrogens with zero attached hydrogens (tertiary/aromatic N) is 1. The molecule has 110 valence electrons. The molecular weight excluding hydrogens is 320 g/mol. The van der Waals surface area contributed by atoms with Crippen LogP contribution >= 0.6 is 15.9 Å². The maximum absolute atomic E-state index is 12.5. The molecule has 2 N–H and O–H groups in total. The summed E-state index contributed by atoms with van der Waals surface area (Å²) in [7, 11) is 0. The van der Waals surface area contributed by atoms with Crippen LogP contribution in [0.3, 0.4) is 0 Å². The van der Waals surface area contributed by atoms with Crippen LogP contribution in [-0.4, -0.2) is 21.6 Å². The van der Waals surface area contributed by atoms with Crippen molar-refractivity contribution in [2.45, 2.75) is 51.0 Å². The van der Waals surface area contributed by atoms with Crippen LogP contribution in [0.25, 0.3) is 0 Å². The van der Waals surface area contributed by atoms with Gasteiger partial charge in [0.05, 0.1) is 0 Å². The Bertz CT molecular complexity index is 475. The van der Waals surface area contributed by atoms with Gasteiger partial charge in [0.15, 0.2) is 0 Å². The molecule has 0 saturated heterocycles. The predicted octanol–water partition coefficient (Wildman–Crippen LogP) is 3.50. The lowest BCUT2D eigenvalue weighted by Crippen LogP contribution is -2.49. The van der Waals surface area contributed by atoms with Gasteiger partial charge < -0.3 is 10.4 Å². The first kappa shape index (κ1) is 15.4. The quantitative estimate of drug-likeness (QED) is 0.824. The van der Waals surface area contributed by atoms with Crippen molar-refractivity contribution >= 4 is 27.5 Å². The lowest BCUT2D eigenvalue weighted by Gasteiger charge is -2.36. The summed E-state index contributed by atoms with van der Waals surface area (Å²) in [6.45, 7) is 1.87. The van der Waals surface area contributed by atoms with Gasteiger partial charge in [-0.05, 0) is 53.2 Å². The van der Waals surface area contributed by atoms with E-state index in [0.717, 1.165) is 25.7 Å². The predicted molar refractivity (Wildman–Crippen MR) is 82.4 cm³/mol. The number of pyridine rings is 1. The highest BCUT2D eigenvalue weighted by atomic mass is 79.9. The van der Waals surface area contributed by atoms with E-state index in [-0.39, 0.29) is 11.8 Å². The highest BCUT2D eigenvalue weighted by Gasteiger charge is 2.42. The van der Waals surface area contributed by atoms with Crippen molar-refractivity contribution in [1.29, 1.82) is 0 Å². The van der Waals surface area contributed by atoms with Crippen LogP contribution in [0.1, 0.15) is 45.4 Å². The minimum atomic E-state index is -1.27. The Morgan fingerprint density at radius 2 is 2.20 bits per heavy atom. The van der Waals surface area contributed by atoms with Crippen molar-refractivity contribution in [1.82, 2.24) is 4.98 Å². The molecule has 20 heavy (non-hydrogen) atoms. The van der Waals surface area contributed by atoms with Gasteiger partial charge >= 0.3 is 0 Å². The molecule has 1 saturated carbocycles. The Balaban J connectivity index is 2.11. The van der Waals surface area contributed by atoms with E-state index in [9.17, 15) is 9.90 Å². The summed E-state index contributed by atoms with van der Waals surface area (Å²) in [6, 6.07) is 3.45. The number of nitrogens with one attached hydrogen (secondary N) is 1. The number of carbonyl (C=O) groups excluding carboxylic acids is 1. The zero-order chi connectivity index (χ0) is 14.6. The molecule has 1 atom stereocenters. The minimum Gasteiger partial charge on any atom is -0.380 e. The monoisotopic (exact) mass is 340 g/mol. The molecule has 0 radical (unpaired) electrons. The Labute approximate surface area is 128 Å². The molecule has 1 aliphatic rings. The SMILES string of the molecule is CCC(O)(C(=O)Nc1ccnc(Br)c1)C1CCCCC1.